The number of aromatic nitrogens is 2. The number of carbonyl (C=O) groups excluding carboxylic acids is 8. The van der Waals surface area contributed by atoms with Gasteiger partial charge >= 0.3 is 5.97 Å². The van der Waals surface area contributed by atoms with E-state index in [2.05, 4.69) is 26.6 Å². The number of benzene rings is 3. The number of anilines is 1. The highest BCUT2D eigenvalue weighted by Gasteiger charge is 2.46. The van der Waals surface area contributed by atoms with E-state index >= 15 is 4.39 Å². The number of rotatable bonds is 20. The molecular formula is C55H55FN8O12. The molecule has 0 fully saturated rings. The largest absolute Gasteiger partial charge is 0.458 e. The average molecular weight is 1040 g/mol. The molecule has 1 aliphatic carbocycles. The molecule has 6 N–H and O–H groups in total. The van der Waals surface area contributed by atoms with Crippen LogP contribution in [0.25, 0.3) is 22.3 Å². The lowest BCUT2D eigenvalue weighted by atomic mass is 9.78. The Hall–Kier alpha value is -8.43. The molecule has 76 heavy (non-hydrogen) atoms. The van der Waals surface area contributed by atoms with Crippen LogP contribution in [0.2, 0.25) is 0 Å². The normalized spacial score (nSPS) is 17.3. The van der Waals surface area contributed by atoms with Gasteiger partial charge in [0.1, 0.15) is 25.2 Å². The van der Waals surface area contributed by atoms with Gasteiger partial charge in [-0.15, -0.1) is 0 Å². The summed E-state index contributed by atoms with van der Waals surface area (Å²) in [5.74, 6) is -5.34. The number of hydrogen-bond donors (Lipinski definition) is 6. The Kier molecular flexibility index (Phi) is 15.3. The maximum Gasteiger partial charge on any atom is 0.343 e. The molecule has 0 radical (unpaired) electrons. The second kappa shape index (κ2) is 22.2. The van der Waals surface area contributed by atoms with Crippen LogP contribution in [-0.2, 0) is 85.8 Å². The van der Waals surface area contributed by atoms with Gasteiger partial charge in [-0.3, -0.25) is 38.4 Å². The van der Waals surface area contributed by atoms with E-state index < -0.39 is 84.1 Å². The van der Waals surface area contributed by atoms with Gasteiger partial charge < -0.3 is 45.7 Å². The molecule has 3 aliphatic heterocycles. The van der Waals surface area contributed by atoms with Crippen LogP contribution in [0, 0.1) is 12.7 Å². The third-order valence-electron chi connectivity index (χ3n) is 14.3. The number of aryl methyl sites for hydroxylation is 2. The predicted octanol–water partition coefficient (Wildman–Crippen LogP) is 2.18. The van der Waals surface area contributed by atoms with E-state index in [9.17, 15) is 48.3 Å². The van der Waals surface area contributed by atoms with E-state index in [4.69, 9.17) is 14.5 Å². The van der Waals surface area contributed by atoms with Gasteiger partial charge in [0.05, 0.1) is 60.9 Å². The zero-order valence-electron chi connectivity index (χ0n) is 41.7. The molecule has 0 saturated carbocycles. The fourth-order valence-electron chi connectivity index (χ4n) is 10.2. The Morgan fingerprint density at radius 3 is 2.29 bits per heavy atom. The third kappa shape index (κ3) is 10.7. The van der Waals surface area contributed by atoms with Crippen molar-refractivity contribution in [1.82, 2.24) is 36.1 Å². The average Bonchev–Trinajstić information content (AvgIpc) is 4.02. The molecule has 2 aromatic heterocycles. The van der Waals surface area contributed by atoms with Crippen molar-refractivity contribution in [2.45, 2.75) is 89.5 Å². The van der Waals surface area contributed by atoms with Crippen molar-refractivity contribution in [2.24, 2.45) is 0 Å². The standard InChI is InChI=1S/C55H55FN8O12/c1-3-55(74)38-21-42-51-36(26-63(42)53(72)37(38)28-76-54(55)73)49-33(14-17-35-30(2)39(56)22-40(62-51)50(35)49)27-75-29-60-45(67)24-59-52(71)41(20-32-8-5-4-6-9-32)61-46(68)25-58-44(66)23-57-43(65)11-7-10-31-12-15-34(16-13-31)64-47(69)18-19-48(64)70/h4-6,8-9,12-13,15-16,18-19,21-22,33,41,74H,3,7,10-11,14,17,20,23-29H2,1-2H3,(H,57,65)(H,58,66)(H,59,71)(H,60,67)(H,61,68)/t33-,41+,55+/m1/s1. The molecule has 394 valence electrons. The van der Waals surface area contributed by atoms with Crippen LogP contribution < -0.4 is 37.0 Å². The minimum Gasteiger partial charge on any atom is -0.458 e. The number of cyclic esters (lactones) is 1. The fourth-order valence-corrected chi connectivity index (χ4v) is 10.2. The van der Waals surface area contributed by atoms with Crippen molar-refractivity contribution >= 4 is 63.9 Å². The van der Waals surface area contributed by atoms with Gasteiger partial charge in [-0.05, 0) is 85.0 Å². The number of pyridine rings is 2. The molecule has 0 spiro atoms. The number of fused-ring (bicyclic) bond motifs is 5. The van der Waals surface area contributed by atoms with Gasteiger partial charge in [-0.1, -0.05) is 49.4 Å². The molecule has 9 rings (SSSR count). The van der Waals surface area contributed by atoms with Crippen LogP contribution in [0.5, 0.6) is 0 Å². The highest BCUT2D eigenvalue weighted by Crippen LogP contribution is 2.46. The summed E-state index contributed by atoms with van der Waals surface area (Å²) >= 11 is 0. The van der Waals surface area contributed by atoms with Crippen LogP contribution in [0.3, 0.4) is 0 Å². The number of halogens is 1. The van der Waals surface area contributed by atoms with Gasteiger partial charge in [-0.2, -0.15) is 0 Å². The van der Waals surface area contributed by atoms with Gasteiger partial charge in [0, 0.05) is 53.5 Å². The molecule has 4 aliphatic rings. The first-order valence-corrected chi connectivity index (χ1v) is 25.0. The lowest BCUT2D eigenvalue weighted by Gasteiger charge is -2.31. The topological polar surface area (TPSA) is 274 Å². The van der Waals surface area contributed by atoms with Crippen LogP contribution in [0.4, 0.5) is 10.1 Å². The number of nitrogens with one attached hydrogen (secondary N) is 5. The maximum atomic E-state index is 15.4. The SMILES string of the molecule is CC[C@@]1(O)C(=O)OCc2c1cc1n(c2=O)Cc2c-1nc1cc(F)c(C)c3c1c2[C@@H](COCNC(=O)CNC(=O)[C@H](Cc1ccccc1)NC(=O)CNC(=O)CNC(=O)CCCc1ccc(N2C(=O)C=CC2=O)cc1)CC3. The summed E-state index contributed by atoms with van der Waals surface area (Å²) in [5, 5.41) is 24.9. The van der Waals surface area contributed by atoms with E-state index in [0.29, 0.717) is 59.4 Å². The van der Waals surface area contributed by atoms with Crippen LogP contribution in [-0.4, -0.2) is 101 Å². The highest BCUT2D eigenvalue weighted by atomic mass is 19.1. The Bertz CT molecular complexity index is 3290. The van der Waals surface area contributed by atoms with E-state index in [-0.39, 0.29) is 68.7 Å². The summed E-state index contributed by atoms with van der Waals surface area (Å²) in [6.45, 7) is 1.70. The van der Waals surface area contributed by atoms with Gasteiger partial charge in [0.15, 0.2) is 5.60 Å². The molecule has 5 heterocycles. The van der Waals surface area contributed by atoms with Crippen molar-refractivity contribution in [3.05, 3.63) is 140 Å². The van der Waals surface area contributed by atoms with Crippen LogP contribution in [0.15, 0.2) is 83.7 Å². The molecule has 5 aromatic rings. The number of aliphatic hydroxyl groups is 1. The summed E-state index contributed by atoms with van der Waals surface area (Å²) in [6.07, 6.45) is 4.61. The monoisotopic (exact) mass is 1040 g/mol. The maximum absolute atomic E-state index is 15.4. The molecule has 7 amide bonds. The smallest absolute Gasteiger partial charge is 0.343 e. The van der Waals surface area contributed by atoms with Gasteiger partial charge in [0.25, 0.3) is 17.4 Å². The number of imide groups is 1. The summed E-state index contributed by atoms with van der Waals surface area (Å²) in [7, 11) is 0. The number of carbonyl (C=O) groups is 8. The van der Waals surface area contributed by atoms with Crippen LogP contribution in [0.1, 0.15) is 83.0 Å². The summed E-state index contributed by atoms with van der Waals surface area (Å²) in [6, 6.07) is 17.5. The summed E-state index contributed by atoms with van der Waals surface area (Å²) in [4.78, 5) is 121. The predicted molar refractivity (Wildman–Crippen MR) is 271 cm³/mol. The van der Waals surface area contributed by atoms with E-state index in [1.165, 1.54) is 22.8 Å². The number of ether oxygens (including phenoxy) is 2. The van der Waals surface area contributed by atoms with Crippen molar-refractivity contribution in [2.75, 3.05) is 37.9 Å². The van der Waals surface area contributed by atoms with Crippen LogP contribution >= 0.6 is 0 Å². The molecule has 21 heteroatoms. The van der Waals surface area contributed by atoms with E-state index in [1.54, 1.807) is 74.5 Å². The summed E-state index contributed by atoms with van der Waals surface area (Å²) < 4.78 is 28.2. The zero-order valence-corrected chi connectivity index (χ0v) is 41.7. The zero-order chi connectivity index (χ0) is 53.8. The molecule has 3 aromatic carbocycles. The van der Waals surface area contributed by atoms with Crippen molar-refractivity contribution in [3.8, 4) is 11.4 Å². The second-order valence-electron chi connectivity index (χ2n) is 19.1. The van der Waals surface area contributed by atoms with Crippen molar-refractivity contribution in [1.29, 1.82) is 0 Å². The number of hydrogen-bond acceptors (Lipinski definition) is 13. The second-order valence-corrected chi connectivity index (χ2v) is 19.1. The van der Waals surface area contributed by atoms with Crippen molar-refractivity contribution in [3.63, 3.8) is 0 Å². The lowest BCUT2D eigenvalue weighted by molar-refractivity contribution is -0.172. The Morgan fingerprint density at radius 2 is 1.55 bits per heavy atom. The Morgan fingerprint density at radius 1 is 0.855 bits per heavy atom. The highest BCUT2D eigenvalue weighted by molar-refractivity contribution is 6.28. The molecule has 3 atom stereocenters. The molecular weight excluding hydrogens is 984 g/mol. The minimum absolute atomic E-state index is 0.0256. The van der Waals surface area contributed by atoms with Crippen molar-refractivity contribution < 1.29 is 57.3 Å². The minimum atomic E-state index is -2.02. The number of amides is 7. The molecule has 0 bridgehead atoms. The first kappa shape index (κ1) is 52.4. The molecule has 0 unspecified atom stereocenters. The Labute approximate surface area is 434 Å². The van der Waals surface area contributed by atoms with Gasteiger partial charge in [0.2, 0.25) is 29.5 Å². The fraction of sp³-hybridized carbons (Fsp3) is 0.345. The first-order chi connectivity index (χ1) is 36.5. The van der Waals surface area contributed by atoms with Gasteiger partial charge in [-0.25, -0.2) is 19.1 Å². The lowest BCUT2D eigenvalue weighted by Crippen LogP contribution is -2.52. The molecule has 20 nitrogen and oxygen atoms in total. The van der Waals surface area contributed by atoms with E-state index in [1.807, 2.05) is 0 Å². The molecule has 0 saturated heterocycles. The number of nitrogens with zero attached hydrogens (tertiary/aromatic N) is 3. The first-order valence-electron chi connectivity index (χ1n) is 25.0. The quantitative estimate of drug-likeness (QED) is 0.0277. The number of esters is 1. The van der Waals surface area contributed by atoms with E-state index in [0.717, 1.165) is 32.5 Å². The Balaban J connectivity index is 0.753. The summed E-state index contributed by atoms with van der Waals surface area (Å²) in [5.41, 5.74) is 4.00. The third-order valence-corrected chi connectivity index (χ3v) is 14.3.